The topological polar surface area (TPSA) is 12.0 Å². The van der Waals surface area contributed by atoms with Gasteiger partial charge in [-0.05, 0) is 52.0 Å². The average molecular weight is 275 g/mol. The highest BCUT2D eigenvalue weighted by atomic mass is 14.9. The molecule has 0 saturated carbocycles. The highest BCUT2D eigenvalue weighted by molar-refractivity contribution is 5.31. The molecule has 20 heavy (non-hydrogen) atoms. The maximum atomic E-state index is 3.70. The minimum Gasteiger partial charge on any atom is -0.311 e. The zero-order chi connectivity index (χ0) is 15.3. The van der Waals surface area contributed by atoms with E-state index in [0.717, 1.165) is 12.5 Å². The van der Waals surface area contributed by atoms with E-state index in [1.165, 1.54) is 29.5 Å². The van der Waals surface area contributed by atoms with Gasteiger partial charge in [-0.25, -0.2) is 0 Å². The molecule has 0 amide bonds. The van der Waals surface area contributed by atoms with Crippen molar-refractivity contribution in [2.45, 2.75) is 72.8 Å². The zero-order valence-electron chi connectivity index (χ0n) is 14.5. The molecule has 0 fully saturated rings. The van der Waals surface area contributed by atoms with Gasteiger partial charge in [0.15, 0.2) is 0 Å². The van der Waals surface area contributed by atoms with Gasteiger partial charge in [0.25, 0.3) is 0 Å². The summed E-state index contributed by atoms with van der Waals surface area (Å²) in [5.74, 6) is 1.32. The summed E-state index contributed by atoms with van der Waals surface area (Å²) in [7, 11) is 0. The minimum absolute atomic E-state index is 0.184. The van der Waals surface area contributed by atoms with E-state index in [2.05, 4.69) is 72.0 Å². The third-order valence-electron chi connectivity index (χ3n) is 3.96. The summed E-state index contributed by atoms with van der Waals surface area (Å²) in [6.45, 7) is 16.9. The van der Waals surface area contributed by atoms with E-state index in [1.54, 1.807) is 0 Å². The van der Waals surface area contributed by atoms with Crippen molar-refractivity contribution in [1.82, 2.24) is 5.32 Å². The quantitative estimate of drug-likeness (QED) is 0.751. The second-order valence-electron chi connectivity index (χ2n) is 7.42. The molecule has 0 aliphatic rings. The van der Waals surface area contributed by atoms with Crippen LogP contribution in [0, 0.1) is 19.8 Å². The van der Waals surface area contributed by atoms with Crippen LogP contribution in [0.2, 0.25) is 0 Å². The number of aryl methyl sites for hydroxylation is 2. The summed E-state index contributed by atoms with van der Waals surface area (Å²) >= 11 is 0. The lowest BCUT2D eigenvalue weighted by molar-refractivity contribution is 0.348. The van der Waals surface area contributed by atoms with Crippen LogP contribution >= 0.6 is 0 Å². The van der Waals surface area contributed by atoms with E-state index >= 15 is 0 Å². The summed E-state index contributed by atoms with van der Waals surface area (Å²) in [6, 6.07) is 7.00. The minimum atomic E-state index is 0.184. The molecule has 2 atom stereocenters. The number of rotatable bonds is 6. The first-order chi connectivity index (χ1) is 9.23. The van der Waals surface area contributed by atoms with Gasteiger partial charge in [0.05, 0.1) is 0 Å². The van der Waals surface area contributed by atoms with Crippen molar-refractivity contribution in [3.63, 3.8) is 0 Å². The van der Waals surface area contributed by atoms with E-state index in [4.69, 9.17) is 0 Å². The first kappa shape index (κ1) is 17.2. The SMILES string of the molecule is CCCC(C)C(CNC(C)(C)C)c1cc(C)cc(C)c1. The molecule has 0 aliphatic heterocycles. The fourth-order valence-electron chi connectivity index (χ4n) is 2.94. The first-order valence-electron chi connectivity index (χ1n) is 8.06. The van der Waals surface area contributed by atoms with E-state index in [9.17, 15) is 0 Å². The lowest BCUT2D eigenvalue weighted by Gasteiger charge is -2.30. The Morgan fingerprint density at radius 3 is 2.05 bits per heavy atom. The van der Waals surface area contributed by atoms with Crippen LogP contribution < -0.4 is 5.32 Å². The van der Waals surface area contributed by atoms with Gasteiger partial charge in [-0.15, -0.1) is 0 Å². The van der Waals surface area contributed by atoms with Gasteiger partial charge in [-0.2, -0.15) is 0 Å². The van der Waals surface area contributed by atoms with Crippen molar-refractivity contribution >= 4 is 0 Å². The molecule has 1 aromatic carbocycles. The van der Waals surface area contributed by atoms with Crippen molar-refractivity contribution in [3.05, 3.63) is 34.9 Å². The molecule has 0 radical (unpaired) electrons. The molecule has 0 aliphatic carbocycles. The molecule has 1 aromatic rings. The van der Waals surface area contributed by atoms with Crippen molar-refractivity contribution < 1.29 is 0 Å². The van der Waals surface area contributed by atoms with E-state index in [-0.39, 0.29) is 5.54 Å². The fraction of sp³-hybridized carbons (Fsp3) is 0.684. The Morgan fingerprint density at radius 2 is 1.60 bits per heavy atom. The summed E-state index contributed by atoms with van der Waals surface area (Å²) in [5, 5.41) is 3.70. The van der Waals surface area contributed by atoms with Gasteiger partial charge < -0.3 is 5.32 Å². The van der Waals surface area contributed by atoms with Crippen LogP contribution in [-0.4, -0.2) is 12.1 Å². The van der Waals surface area contributed by atoms with Gasteiger partial charge in [0, 0.05) is 12.1 Å². The molecule has 2 unspecified atom stereocenters. The Labute approximate surface area is 126 Å². The fourth-order valence-corrected chi connectivity index (χ4v) is 2.94. The standard InChI is InChI=1S/C19H33N/c1-8-9-16(4)18(13-20-19(5,6)7)17-11-14(2)10-15(3)12-17/h10-12,16,18,20H,8-9,13H2,1-7H3. The van der Waals surface area contributed by atoms with Crippen molar-refractivity contribution in [2.24, 2.45) is 5.92 Å². The van der Waals surface area contributed by atoms with Crippen molar-refractivity contribution in [2.75, 3.05) is 6.54 Å². The molecule has 0 aromatic heterocycles. The normalized spacial score (nSPS) is 15.2. The second-order valence-corrected chi connectivity index (χ2v) is 7.42. The maximum absolute atomic E-state index is 3.70. The number of hydrogen-bond donors (Lipinski definition) is 1. The first-order valence-corrected chi connectivity index (χ1v) is 8.06. The van der Waals surface area contributed by atoms with Crippen LogP contribution in [0.1, 0.15) is 70.1 Å². The monoisotopic (exact) mass is 275 g/mol. The molecular weight excluding hydrogens is 242 g/mol. The predicted molar refractivity (Wildman–Crippen MR) is 90.5 cm³/mol. The third kappa shape index (κ3) is 5.66. The third-order valence-corrected chi connectivity index (χ3v) is 3.96. The smallest absolute Gasteiger partial charge is 0.00967 e. The molecule has 1 heteroatoms. The van der Waals surface area contributed by atoms with Crippen molar-refractivity contribution in [1.29, 1.82) is 0 Å². The maximum Gasteiger partial charge on any atom is 0.00967 e. The summed E-state index contributed by atoms with van der Waals surface area (Å²) in [6.07, 6.45) is 2.56. The van der Waals surface area contributed by atoms with E-state index in [0.29, 0.717) is 5.92 Å². The molecular formula is C19H33N. The molecule has 1 nitrogen and oxygen atoms in total. The Bertz CT molecular complexity index is 394. The molecule has 1 rings (SSSR count). The molecule has 0 saturated heterocycles. The van der Waals surface area contributed by atoms with Crippen LogP contribution in [0.15, 0.2) is 18.2 Å². The highest BCUT2D eigenvalue weighted by Gasteiger charge is 2.21. The van der Waals surface area contributed by atoms with Gasteiger partial charge in [-0.1, -0.05) is 56.0 Å². The number of hydrogen-bond acceptors (Lipinski definition) is 1. The molecule has 0 spiro atoms. The van der Waals surface area contributed by atoms with Gasteiger partial charge in [-0.3, -0.25) is 0 Å². The Morgan fingerprint density at radius 1 is 1.05 bits per heavy atom. The Balaban J connectivity index is 2.96. The van der Waals surface area contributed by atoms with Gasteiger partial charge >= 0.3 is 0 Å². The average Bonchev–Trinajstić information content (AvgIpc) is 2.26. The molecule has 0 bridgehead atoms. The summed E-state index contributed by atoms with van der Waals surface area (Å²) < 4.78 is 0. The van der Waals surface area contributed by atoms with Crippen LogP contribution in [0.3, 0.4) is 0 Å². The second kappa shape index (κ2) is 7.26. The van der Waals surface area contributed by atoms with Crippen molar-refractivity contribution in [3.8, 4) is 0 Å². The number of nitrogens with one attached hydrogen (secondary N) is 1. The zero-order valence-corrected chi connectivity index (χ0v) is 14.5. The summed E-state index contributed by atoms with van der Waals surface area (Å²) in [4.78, 5) is 0. The van der Waals surface area contributed by atoms with Crippen LogP contribution in [0.4, 0.5) is 0 Å². The van der Waals surface area contributed by atoms with Crippen LogP contribution in [-0.2, 0) is 0 Å². The van der Waals surface area contributed by atoms with E-state index in [1.807, 2.05) is 0 Å². The molecule has 0 heterocycles. The largest absolute Gasteiger partial charge is 0.311 e. The molecule has 1 N–H and O–H groups in total. The summed E-state index contributed by atoms with van der Waals surface area (Å²) in [5.41, 5.74) is 4.44. The number of benzene rings is 1. The predicted octanol–water partition coefficient (Wildman–Crippen LogP) is 5.21. The van der Waals surface area contributed by atoms with Crippen LogP contribution in [0.25, 0.3) is 0 Å². The lowest BCUT2D eigenvalue weighted by atomic mass is 9.83. The van der Waals surface area contributed by atoms with Crippen LogP contribution in [0.5, 0.6) is 0 Å². The Kier molecular flexibility index (Phi) is 6.26. The highest BCUT2D eigenvalue weighted by Crippen LogP contribution is 2.29. The lowest BCUT2D eigenvalue weighted by Crippen LogP contribution is -2.39. The van der Waals surface area contributed by atoms with E-state index < -0.39 is 0 Å². The Hall–Kier alpha value is -0.820. The van der Waals surface area contributed by atoms with Gasteiger partial charge in [0.1, 0.15) is 0 Å². The molecule has 114 valence electrons. The van der Waals surface area contributed by atoms with Gasteiger partial charge in [0.2, 0.25) is 0 Å².